The lowest BCUT2D eigenvalue weighted by molar-refractivity contribution is -0.149. The maximum atomic E-state index is 14.0. The van der Waals surface area contributed by atoms with Crippen LogP contribution in [-0.4, -0.2) is 40.9 Å². The third kappa shape index (κ3) is 2.90. The number of anilines is 1. The van der Waals surface area contributed by atoms with Crippen molar-refractivity contribution < 1.29 is 14.4 Å². The molecular formula is C28H31N3O3. The van der Waals surface area contributed by atoms with E-state index in [1.807, 2.05) is 67.6 Å². The van der Waals surface area contributed by atoms with E-state index in [1.165, 1.54) is 0 Å². The number of rotatable bonds is 5. The topological polar surface area (TPSA) is 69.7 Å². The molecule has 0 aliphatic carbocycles. The van der Waals surface area contributed by atoms with E-state index in [4.69, 9.17) is 0 Å². The summed E-state index contributed by atoms with van der Waals surface area (Å²) >= 11 is 0. The molecule has 0 unspecified atom stereocenters. The van der Waals surface area contributed by atoms with Crippen LogP contribution in [0.4, 0.5) is 5.69 Å². The number of para-hydroxylation sites is 1. The Hall–Kier alpha value is -3.41. The summed E-state index contributed by atoms with van der Waals surface area (Å²) in [4.78, 5) is 44.3. The van der Waals surface area contributed by atoms with Crippen LogP contribution >= 0.6 is 0 Å². The molecule has 1 N–H and O–H groups in total. The fraction of sp³-hybridized carbons (Fsp3) is 0.393. The first-order valence-corrected chi connectivity index (χ1v) is 12.0. The standard InChI is InChI=1S/C28H31N3O3/c1-5-23(32)30-21-15-11-10-14-19(21)28(27(3,4)6-2)17-22-24(33)29-20(25(34)31(22)26(28)30)16-18-12-8-7-9-13-18/h6-15,20,22,26H,2,5,16-17H2,1,3-4H3,(H,29,33)/t20-,22-,26-,28+/m0/s1. The van der Waals surface area contributed by atoms with Gasteiger partial charge in [-0.2, -0.15) is 0 Å². The molecule has 176 valence electrons. The molecule has 6 heteroatoms. The van der Waals surface area contributed by atoms with Gasteiger partial charge in [0.15, 0.2) is 0 Å². The first-order chi connectivity index (χ1) is 16.3. The normalized spacial score (nSPS) is 27.7. The van der Waals surface area contributed by atoms with Gasteiger partial charge in [-0.3, -0.25) is 19.3 Å². The maximum absolute atomic E-state index is 14.0. The summed E-state index contributed by atoms with van der Waals surface area (Å²) in [6, 6.07) is 16.3. The molecule has 3 heterocycles. The van der Waals surface area contributed by atoms with Gasteiger partial charge in [0.05, 0.1) is 0 Å². The van der Waals surface area contributed by atoms with Crippen LogP contribution in [0, 0.1) is 5.41 Å². The quantitative estimate of drug-likeness (QED) is 0.698. The largest absolute Gasteiger partial charge is 0.342 e. The Balaban J connectivity index is 1.67. The van der Waals surface area contributed by atoms with Gasteiger partial charge in [-0.15, -0.1) is 6.58 Å². The SMILES string of the molecule is C=CC(C)(C)[C@@]12C[C@H]3C(=O)N[C@@H](Cc4ccccc4)C(=O)N3[C@@H]1N(C(=O)CC)c1ccccc12. The van der Waals surface area contributed by atoms with Crippen molar-refractivity contribution in [2.75, 3.05) is 4.90 Å². The number of fused-ring (bicyclic) bond motifs is 5. The van der Waals surface area contributed by atoms with E-state index in [9.17, 15) is 14.4 Å². The number of nitrogens with one attached hydrogen (secondary N) is 1. The van der Waals surface area contributed by atoms with Gasteiger partial charge in [0, 0.05) is 23.9 Å². The molecule has 34 heavy (non-hydrogen) atoms. The van der Waals surface area contributed by atoms with Gasteiger partial charge in [-0.1, -0.05) is 75.4 Å². The van der Waals surface area contributed by atoms with Crippen molar-refractivity contribution in [2.45, 2.75) is 63.7 Å². The van der Waals surface area contributed by atoms with E-state index >= 15 is 0 Å². The molecule has 6 nitrogen and oxygen atoms in total. The fourth-order valence-electron chi connectivity index (χ4n) is 6.26. The maximum Gasteiger partial charge on any atom is 0.247 e. The van der Waals surface area contributed by atoms with E-state index in [0.717, 1.165) is 16.8 Å². The van der Waals surface area contributed by atoms with Gasteiger partial charge in [-0.25, -0.2) is 0 Å². The van der Waals surface area contributed by atoms with Crippen LogP contribution in [0.1, 0.15) is 44.7 Å². The summed E-state index contributed by atoms with van der Waals surface area (Å²) in [6.45, 7) is 10.1. The molecule has 3 aliphatic rings. The molecular weight excluding hydrogens is 426 g/mol. The summed E-state index contributed by atoms with van der Waals surface area (Å²) in [7, 11) is 0. The van der Waals surface area contributed by atoms with Crippen LogP contribution in [0.3, 0.4) is 0 Å². The lowest BCUT2D eigenvalue weighted by atomic mass is 9.60. The van der Waals surface area contributed by atoms with Crippen LogP contribution in [0.15, 0.2) is 67.3 Å². The third-order valence-electron chi connectivity index (χ3n) is 8.13. The Bertz CT molecular complexity index is 1170. The Morgan fingerprint density at radius 2 is 1.82 bits per heavy atom. The molecule has 3 aliphatic heterocycles. The van der Waals surface area contributed by atoms with Crippen molar-refractivity contribution in [3.05, 3.63) is 78.4 Å². The van der Waals surface area contributed by atoms with Crippen molar-refractivity contribution in [1.29, 1.82) is 0 Å². The van der Waals surface area contributed by atoms with Crippen molar-refractivity contribution in [1.82, 2.24) is 10.2 Å². The highest BCUT2D eigenvalue weighted by Gasteiger charge is 2.69. The molecule has 2 aromatic carbocycles. The number of carbonyl (C=O) groups is 3. The van der Waals surface area contributed by atoms with Crippen molar-refractivity contribution in [3.63, 3.8) is 0 Å². The Morgan fingerprint density at radius 3 is 2.50 bits per heavy atom. The first-order valence-electron chi connectivity index (χ1n) is 12.0. The predicted molar refractivity (Wildman–Crippen MR) is 131 cm³/mol. The van der Waals surface area contributed by atoms with E-state index in [1.54, 1.807) is 9.80 Å². The van der Waals surface area contributed by atoms with E-state index in [-0.39, 0.29) is 17.7 Å². The van der Waals surface area contributed by atoms with Crippen LogP contribution in [0.5, 0.6) is 0 Å². The second kappa shape index (κ2) is 7.83. The molecule has 4 atom stereocenters. The fourth-order valence-corrected chi connectivity index (χ4v) is 6.26. The predicted octanol–water partition coefficient (Wildman–Crippen LogP) is 3.56. The van der Waals surface area contributed by atoms with Crippen LogP contribution in [0.25, 0.3) is 0 Å². The molecule has 2 saturated heterocycles. The molecule has 0 aromatic heterocycles. The number of piperazine rings is 1. The first kappa shape index (κ1) is 22.4. The Labute approximate surface area is 200 Å². The van der Waals surface area contributed by atoms with Crippen LogP contribution in [-0.2, 0) is 26.2 Å². The molecule has 0 bridgehead atoms. The zero-order valence-electron chi connectivity index (χ0n) is 20.0. The number of amides is 3. The second-order valence-electron chi connectivity index (χ2n) is 10.1. The van der Waals surface area contributed by atoms with Crippen molar-refractivity contribution in [2.24, 2.45) is 5.41 Å². The average Bonchev–Trinajstić information content (AvgIpc) is 3.35. The van der Waals surface area contributed by atoms with Gasteiger partial charge >= 0.3 is 0 Å². The molecule has 0 saturated carbocycles. The minimum Gasteiger partial charge on any atom is -0.342 e. The molecule has 2 aromatic rings. The molecule has 0 spiro atoms. The third-order valence-corrected chi connectivity index (χ3v) is 8.13. The highest BCUT2D eigenvalue weighted by Crippen LogP contribution is 2.62. The number of benzene rings is 2. The van der Waals surface area contributed by atoms with E-state index in [0.29, 0.717) is 19.3 Å². The molecule has 2 fully saturated rings. The zero-order valence-corrected chi connectivity index (χ0v) is 20.0. The minimum absolute atomic E-state index is 0.0572. The second-order valence-corrected chi connectivity index (χ2v) is 10.1. The van der Waals surface area contributed by atoms with E-state index in [2.05, 4.69) is 25.7 Å². The summed E-state index contributed by atoms with van der Waals surface area (Å²) in [5, 5.41) is 2.98. The summed E-state index contributed by atoms with van der Waals surface area (Å²) in [5.41, 5.74) is 1.68. The van der Waals surface area contributed by atoms with Crippen LogP contribution in [0.2, 0.25) is 0 Å². The lowest BCUT2D eigenvalue weighted by Gasteiger charge is -2.46. The van der Waals surface area contributed by atoms with Gasteiger partial charge in [-0.05, 0) is 29.0 Å². The average molecular weight is 458 g/mol. The van der Waals surface area contributed by atoms with E-state index < -0.39 is 29.1 Å². The highest BCUT2D eigenvalue weighted by atomic mass is 16.2. The number of allylic oxidation sites excluding steroid dienone is 1. The molecule has 3 amide bonds. The summed E-state index contributed by atoms with van der Waals surface area (Å²) in [6.07, 6.45) is 2.48. The number of carbonyl (C=O) groups excluding carboxylic acids is 3. The minimum atomic E-state index is -0.670. The Morgan fingerprint density at radius 1 is 1.15 bits per heavy atom. The summed E-state index contributed by atoms with van der Waals surface area (Å²) < 4.78 is 0. The number of nitrogens with zero attached hydrogens (tertiary/aromatic N) is 2. The number of hydrogen-bond acceptors (Lipinski definition) is 3. The monoisotopic (exact) mass is 457 g/mol. The Kier molecular flexibility index (Phi) is 5.15. The molecule has 0 radical (unpaired) electrons. The molecule has 5 rings (SSSR count). The van der Waals surface area contributed by atoms with Gasteiger partial charge in [0.1, 0.15) is 18.2 Å². The van der Waals surface area contributed by atoms with Gasteiger partial charge in [0.25, 0.3) is 0 Å². The smallest absolute Gasteiger partial charge is 0.247 e. The van der Waals surface area contributed by atoms with Gasteiger partial charge in [0.2, 0.25) is 17.7 Å². The van der Waals surface area contributed by atoms with Gasteiger partial charge < -0.3 is 10.2 Å². The lowest BCUT2D eigenvalue weighted by Crippen LogP contribution is -2.67. The highest BCUT2D eigenvalue weighted by molar-refractivity contribution is 6.03. The van der Waals surface area contributed by atoms with Crippen LogP contribution < -0.4 is 10.2 Å². The van der Waals surface area contributed by atoms with Crippen molar-refractivity contribution >= 4 is 23.4 Å². The number of hydrogen-bond donors (Lipinski definition) is 1. The zero-order chi connectivity index (χ0) is 24.3. The van der Waals surface area contributed by atoms with Crippen molar-refractivity contribution in [3.8, 4) is 0 Å². The summed E-state index contributed by atoms with van der Waals surface area (Å²) in [5.74, 6) is -0.351.